The maximum absolute atomic E-state index is 14.0. The zero-order chi connectivity index (χ0) is 14.0. The van der Waals surface area contributed by atoms with Gasteiger partial charge in [0, 0.05) is 23.9 Å². The molecule has 0 spiro atoms. The SMILES string of the molecule is CN=C(C1=C(F)C=CC(C)C1)C1=C(N)CN(C#N)C1. The third-order valence-electron chi connectivity index (χ3n) is 3.42. The fraction of sp³-hybridized carbons (Fsp3) is 0.429. The molecule has 0 radical (unpaired) electrons. The first-order valence-corrected chi connectivity index (χ1v) is 6.23. The molecule has 1 unspecified atom stereocenters. The molecule has 0 saturated heterocycles. The largest absolute Gasteiger partial charge is 0.400 e. The van der Waals surface area contributed by atoms with Crippen molar-refractivity contribution in [1.82, 2.24) is 4.90 Å². The average molecular weight is 260 g/mol. The van der Waals surface area contributed by atoms with Gasteiger partial charge in [0.25, 0.3) is 0 Å². The van der Waals surface area contributed by atoms with Gasteiger partial charge >= 0.3 is 0 Å². The van der Waals surface area contributed by atoms with Gasteiger partial charge in [-0.2, -0.15) is 5.26 Å². The monoisotopic (exact) mass is 260 g/mol. The molecule has 2 N–H and O–H groups in total. The lowest BCUT2D eigenvalue weighted by Gasteiger charge is -2.19. The Hall–Kier alpha value is -2.09. The van der Waals surface area contributed by atoms with E-state index >= 15 is 0 Å². The molecule has 0 amide bonds. The van der Waals surface area contributed by atoms with Crippen LogP contribution in [0.4, 0.5) is 4.39 Å². The Kier molecular flexibility index (Phi) is 3.70. The van der Waals surface area contributed by atoms with Gasteiger partial charge < -0.3 is 10.6 Å². The Bertz CT molecular complexity index is 548. The molecule has 2 rings (SSSR count). The highest BCUT2D eigenvalue weighted by Gasteiger charge is 2.27. The van der Waals surface area contributed by atoms with Gasteiger partial charge in [0.2, 0.25) is 0 Å². The van der Waals surface area contributed by atoms with Gasteiger partial charge in [-0.1, -0.05) is 13.0 Å². The van der Waals surface area contributed by atoms with E-state index in [1.807, 2.05) is 13.0 Å². The fourth-order valence-electron chi connectivity index (χ4n) is 2.45. The van der Waals surface area contributed by atoms with Crippen LogP contribution in [0, 0.1) is 17.4 Å². The van der Waals surface area contributed by atoms with Gasteiger partial charge in [-0.05, 0) is 18.4 Å². The third kappa shape index (κ3) is 2.53. The van der Waals surface area contributed by atoms with Gasteiger partial charge in [0.05, 0.1) is 18.8 Å². The Balaban J connectivity index is 2.36. The Morgan fingerprint density at radius 1 is 1.53 bits per heavy atom. The molecule has 0 bridgehead atoms. The van der Waals surface area contributed by atoms with E-state index in [1.165, 1.54) is 11.0 Å². The summed E-state index contributed by atoms with van der Waals surface area (Å²) in [5.74, 6) is 0.0240. The van der Waals surface area contributed by atoms with E-state index in [1.54, 1.807) is 7.05 Å². The van der Waals surface area contributed by atoms with Crippen molar-refractivity contribution >= 4 is 5.71 Å². The summed E-state index contributed by atoms with van der Waals surface area (Å²) in [5.41, 5.74) is 8.52. The molecule has 0 aromatic rings. The van der Waals surface area contributed by atoms with Crippen LogP contribution in [-0.4, -0.2) is 30.7 Å². The normalized spacial score (nSPS) is 24.2. The summed E-state index contributed by atoms with van der Waals surface area (Å²) in [6, 6.07) is 0. The lowest BCUT2D eigenvalue weighted by molar-refractivity contribution is 0.496. The highest BCUT2D eigenvalue weighted by Crippen LogP contribution is 2.29. The smallest absolute Gasteiger partial charge is 0.180 e. The predicted molar refractivity (Wildman–Crippen MR) is 72.8 cm³/mol. The summed E-state index contributed by atoms with van der Waals surface area (Å²) in [6.45, 7) is 2.83. The van der Waals surface area contributed by atoms with Crippen LogP contribution in [0.1, 0.15) is 13.3 Å². The van der Waals surface area contributed by atoms with E-state index in [4.69, 9.17) is 11.0 Å². The number of allylic oxidation sites excluding steroid dienone is 4. The van der Waals surface area contributed by atoms with E-state index in [2.05, 4.69) is 11.2 Å². The molecule has 19 heavy (non-hydrogen) atoms. The number of nitrogens with two attached hydrogens (primary N) is 1. The number of rotatable bonds is 2. The van der Waals surface area contributed by atoms with E-state index in [0.717, 1.165) is 5.57 Å². The van der Waals surface area contributed by atoms with Crippen molar-refractivity contribution in [3.63, 3.8) is 0 Å². The first-order valence-electron chi connectivity index (χ1n) is 6.23. The van der Waals surface area contributed by atoms with E-state index in [-0.39, 0.29) is 11.7 Å². The Morgan fingerprint density at radius 2 is 2.26 bits per heavy atom. The van der Waals surface area contributed by atoms with Crippen LogP contribution in [0.3, 0.4) is 0 Å². The summed E-state index contributed by atoms with van der Waals surface area (Å²) in [4.78, 5) is 5.75. The van der Waals surface area contributed by atoms with Crippen LogP contribution < -0.4 is 5.73 Å². The van der Waals surface area contributed by atoms with Gasteiger partial charge in [-0.15, -0.1) is 0 Å². The van der Waals surface area contributed by atoms with Gasteiger partial charge in [-0.25, -0.2) is 4.39 Å². The highest BCUT2D eigenvalue weighted by molar-refractivity contribution is 6.14. The van der Waals surface area contributed by atoms with Crippen molar-refractivity contribution in [3.8, 4) is 6.19 Å². The molecule has 1 aliphatic carbocycles. The molecule has 0 fully saturated rings. The van der Waals surface area contributed by atoms with Gasteiger partial charge in [-0.3, -0.25) is 4.99 Å². The molecule has 2 aliphatic rings. The van der Waals surface area contributed by atoms with Gasteiger partial charge in [0.15, 0.2) is 6.19 Å². The second kappa shape index (κ2) is 5.27. The predicted octanol–water partition coefficient (Wildman–Crippen LogP) is 1.89. The zero-order valence-corrected chi connectivity index (χ0v) is 11.2. The van der Waals surface area contributed by atoms with Crippen molar-refractivity contribution in [2.45, 2.75) is 13.3 Å². The molecule has 4 nitrogen and oxygen atoms in total. The molecule has 5 heteroatoms. The molecule has 0 saturated carbocycles. The first kappa shape index (κ1) is 13.3. The Labute approximate surface area is 112 Å². The molecule has 0 aromatic heterocycles. The summed E-state index contributed by atoms with van der Waals surface area (Å²) in [6.07, 6.45) is 6.00. The van der Waals surface area contributed by atoms with Crippen LogP contribution in [0.5, 0.6) is 0 Å². The standard InChI is InChI=1S/C14H17FN4/c1-9-3-4-12(15)10(5-9)14(18-2)11-6-19(8-16)7-13(11)17/h3-4,9H,5-7,17H2,1-2H3. The number of nitrogens with zero attached hydrogens (tertiary/aromatic N) is 3. The second-order valence-electron chi connectivity index (χ2n) is 4.90. The van der Waals surface area contributed by atoms with Crippen molar-refractivity contribution in [2.75, 3.05) is 20.1 Å². The summed E-state index contributed by atoms with van der Waals surface area (Å²) >= 11 is 0. The Morgan fingerprint density at radius 3 is 2.84 bits per heavy atom. The number of halogens is 1. The van der Waals surface area contributed by atoms with Crippen LogP contribution in [0.2, 0.25) is 0 Å². The zero-order valence-electron chi connectivity index (χ0n) is 11.2. The average Bonchev–Trinajstić information content (AvgIpc) is 2.76. The topological polar surface area (TPSA) is 65.4 Å². The number of nitriles is 1. The number of hydrogen-bond donors (Lipinski definition) is 1. The van der Waals surface area contributed by atoms with Gasteiger partial charge in [0.1, 0.15) is 5.83 Å². The number of aliphatic imine (C=N–C) groups is 1. The maximum atomic E-state index is 14.0. The van der Waals surface area contributed by atoms with Crippen LogP contribution in [-0.2, 0) is 0 Å². The molecular formula is C14H17FN4. The minimum absolute atomic E-state index is 0.255. The summed E-state index contributed by atoms with van der Waals surface area (Å²) in [5, 5.41) is 8.92. The molecule has 100 valence electrons. The van der Waals surface area contributed by atoms with E-state index < -0.39 is 0 Å². The number of hydrogen-bond acceptors (Lipinski definition) is 4. The van der Waals surface area contributed by atoms with Crippen molar-refractivity contribution in [2.24, 2.45) is 16.6 Å². The molecular weight excluding hydrogens is 243 g/mol. The molecule has 1 atom stereocenters. The van der Waals surface area contributed by atoms with Crippen molar-refractivity contribution < 1.29 is 4.39 Å². The van der Waals surface area contributed by atoms with E-state index in [0.29, 0.717) is 36.5 Å². The molecule has 1 aliphatic heterocycles. The van der Waals surface area contributed by atoms with Crippen LogP contribution >= 0.6 is 0 Å². The van der Waals surface area contributed by atoms with Crippen molar-refractivity contribution in [3.05, 3.63) is 34.8 Å². The first-order chi connectivity index (χ1) is 9.06. The van der Waals surface area contributed by atoms with E-state index in [9.17, 15) is 4.39 Å². The second-order valence-corrected chi connectivity index (χ2v) is 4.90. The summed E-state index contributed by atoms with van der Waals surface area (Å²) in [7, 11) is 1.63. The van der Waals surface area contributed by atoms with Crippen LogP contribution in [0.25, 0.3) is 0 Å². The minimum Gasteiger partial charge on any atom is -0.400 e. The quantitative estimate of drug-likeness (QED) is 0.609. The minimum atomic E-state index is -0.255. The fourth-order valence-corrected chi connectivity index (χ4v) is 2.45. The molecule has 1 heterocycles. The highest BCUT2D eigenvalue weighted by atomic mass is 19.1. The molecule has 0 aromatic carbocycles. The van der Waals surface area contributed by atoms with Crippen LogP contribution in [0.15, 0.2) is 39.8 Å². The third-order valence-corrected chi connectivity index (χ3v) is 3.42. The van der Waals surface area contributed by atoms with Crippen molar-refractivity contribution in [1.29, 1.82) is 5.26 Å². The maximum Gasteiger partial charge on any atom is 0.180 e. The lowest BCUT2D eigenvalue weighted by Crippen LogP contribution is -2.19. The lowest BCUT2D eigenvalue weighted by atomic mass is 9.89. The summed E-state index contributed by atoms with van der Waals surface area (Å²) < 4.78 is 14.0.